The Balaban J connectivity index is 3.35. The van der Waals surface area contributed by atoms with Gasteiger partial charge < -0.3 is 5.73 Å². The van der Waals surface area contributed by atoms with Gasteiger partial charge in [0.2, 0.25) is 0 Å². The van der Waals surface area contributed by atoms with Gasteiger partial charge in [0.15, 0.2) is 0 Å². The first kappa shape index (κ1) is 11.0. The number of pyridine rings is 1. The van der Waals surface area contributed by atoms with Gasteiger partial charge in [0, 0.05) is 24.5 Å². The van der Waals surface area contributed by atoms with Crippen molar-refractivity contribution in [2.75, 3.05) is 0 Å². The van der Waals surface area contributed by atoms with Crippen LogP contribution in [0.2, 0.25) is 0 Å². The van der Waals surface area contributed by atoms with Crippen LogP contribution >= 0.6 is 11.6 Å². The lowest BCUT2D eigenvalue weighted by Gasteiger charge is -2.08. The Hall–Kier alpha value is -1.07. The van der Waals surface area contributed by atoms with Gasteiger partial charge in [0.05, 0.1) is 5.56 Å². The molecule has 0 atom stereocenters. The highest BCUT2D eigenvalue weighted by Gasteiger charge is 2.20. The smallest absolute Gasteiger partial charge is 0.266 e. The van der Waals surface area contributed by atoms with Crippen molar-refractivity contribution in [2.45, 2.75) is 13.0 Å². The average Bonchev–Trinajstić information content (AvgIpc) is 2.16. The summed E-state index contributed by atoms with van der Waals surface area (Å²) < 4.78 is 24.8. The Bertz CT molecular complexity index is 357. The van der Waals surface area contributed by atoms with Crippen LogP contribution in [0, 0.1) is 0 Å². The van der Waals surface area contributed by atoms with E-state index in [4.69, 9.17) is 17.3 Å². The zero-order valence-corrected chi connectivity index (χ0v) is 7.76. The highest BCUT2D eigenvalue weighted by atomic mass is 35.5. The van der Waals surface area contributed by atoms with E-state index in [-0.39, 0.29) is 17.7 Å². The van der Waals surface area contributed by atoms with E-state index in [0.717, 1.165) is 6.20 Å². The number of carbonyl (C=O) groups is 1. The van der Waals surface area contributed by atoms with Crippen LogP contribution in [-0.2, 0) is 6.54 Å². The molecule has 6 heteroatoms. The summed E-state index contributed by atoms with van der Waals surface area (Å²) in [5.74, 6) is 0. The molecular formula is C8H7ClF2N2O. The van der Waals surface area contributed by atoms with Crippen molar-refractivity contribution in [1.29, 1.82) is 0 Å². The van der Waals surface area contributed by atoms with Crippen LogP contribution in [0.1, 0.15) is 27.9 Å². The summed E-state index contributed by atoms with van der Waals surface area (Å²) in [6, 6.07) is 0. The second-order valence-electron chi connectivity index (χ2n) is 2.54. The number of hydrogen-bond donors (Lipinski definition) is 1. The summed E-state index contributed by atoms with van der Waals surface area (Å²) in [7, 11) is 0. The second kappa shape index (κ2) is 4.43. The zero-order valence-electron chi connectivity index (χ0n) is 7.01. The van der Waals surface area contributed by atoms with Crippen molar-refractivity contribution in [3.63, 3.8) is 0 Å². The summed E-state index contributed by atoms with van der Waals surface area (Å²) in [5.41, 5.74) is 4.77. The molecule has 0 bridgehead atoms. The summed E-state index contributed by atoms with van der Waals surface area (Å²) in [6.45, 7) is -0.0542. The molecule has 0 spiro atoms. The van der Waals surface area contributed by atoms with Crippen molar-refractivity contribution < 1.29 is 13.6 Å². The molecular weight excluding hydrogens is 214 g/mol. The first-order valence-electron chi connectivity index (χ1n) is 3.72. The number of nitrogens with zero attached hydrogens (tertiary/aromatic N) is 1. The van der Waals surface area contributed by atoms with Gasteiger partial charge in [-0.1, -0.05) is 0 Å². The molecule has 0 saturated carbocycles. The molecule has 1 aromatic heterocycles. The van der Waals surface area contributed by atoms with Crippen LogP contribution in [0.5, 0.6) is 0 Å². The molecule has 0 aliphatic carbocycles. The van der Waals surface area contributed by atoms with Crippen molar-refractivity contribution in [1.82, 2.24) is 4.98 Å². The van der Waals surface area contributed by atoms with Gasteiger partial charge in [-0.3, -0.25) is 9.78 Å². The van der Waals surface area contributed by atoms with Gasteiger partial charge in [-0.05, 0) is 17.2 Å². The topological polar surface area (TPSA) is 56.0 Å². The molecule has 3 nitrogen and oxygen atoms in total. The van der Waals surface area contributed by atoms with E-state index < -0.39 is 17.2 Å². The van der Waals surface area contributed by atoms with E-state index >= 15 is 0 Å². The SMILES string of the molecule is NCc1cncc(C(F)F)c1C(=O)Cl. The zero-order chi connectivity index (χ0) is 10.7. The van der Waals surface area contributed by atoms with Gasteiger partial charge in [-0.15, -0.1) is 0 Å². The summed E-state index contributed by atoms with van der Waals surface area (Å²) in [6.07, 6.45) is -0.618. The lowest BCUT2D eigenvalue weighted by Crippen LogP contribution is -2.08. The first-order chi connectivity index (χ1) is 6.57. The minimum atomic E-state index is -2.79. The largest absolute Gasteiger partial charge is 0.326 e. The molecule has 1 rings (SSSR count). The summed E-state index contributed by atoms with van der Waals surface area (Å²) in [4.78, 5) is 14.4. The molecule has 0 radical (unpaired) electrons. The molecule has 0 aliphatic rings. The van der Waals surface area contributed by atoms with Gasteiger partial charge in [0.25, 0.3) is 11.7 Å². The lowest BCUT2D eigenvalue weighted by atomic mass is 10.1. The summed E-state index contributed by atoms with van der Waals surface area (Å²) >= 11 is 5.18. The molecule has 0 amide bonds. The highest BCUT2D eigenvalue weighted by molar-refractivity contribution is 6.68. The first-order valence-corrected chi connectivity index (χ1v) is 4.10. The Morgan fingerprint density at radius 3 is 2.64 bits per heavy atom. The maximum absolute atomic E-state index is 12.4. The van der Waals surface area contributed by atoms with Crippen LogP contribution in [0.25, 0.3) is 0 Å². The number of hydrogen-bond acceptors (Lipinski definition) is 3. The Kier molecular flexibility index (Phi) is 3.49. The second-order valence-corrected chi connectivity index (χ2v) is 2.88. The van der Waals surface area contributed by atoms with Crippen molar-refractivity contribution in [3.8, 4) is 0 Å². The van der Waals surface area contributed by atoms with Crippen LogP contribution in [-0.4, -0.2) is 10.2 Å². The van der Waals surface area contributed by atoms with E-state index in [1.165, 1.54) is 6.20 Å². The molecule has 0 unspecified atom stereocenters. The minimum Gasteiger partial charge on any atom is -0.326 e. The quantitative estimate of drug-likeness (QED) is 0.791. The number of rotatable bonds is 3. The fourth-order valence-corrected chi connectivity index (χ4v) is 1.31. The lowest BCUT2D eigenvalue weighted by molar-refractivity contribution is 0.106. The molecule has 14 heavy (non-hydrogen) atoms. The maximum Gasteiger partial charge on any atom is 0.266 e. The monoisotopic (exact) mass is 220 g/mol. The number of aromatic nitrogens is 1. The van der Waals surface area contributed by atoms with Crippen molar-refractivity contribution in [2.24, 2.45) is 5.73 Å². The Morgan fingerprint density at radius 1 is 1.57 bits per heavy atom. The van der Waals surface area contributed by atoms with E-state index in [9.17, 15) is 13.6 Å². The molecule has 0 saturated heterocycles. The number of carbonyl (C=O) groups excluding carboxylic acids is 1. The third-order valence-corrected chi connectivity index (χ3v) is 1.89. The third kappa shape index (κ3) is 2.05. The number of nitrogens with two attached hydrogens (primary N) is 1. The van der Waals surface area contributed by atoms with Crippen molar-refractivity contribution in [3.05, 3.63) is 29.1 Å². The van der Waals surface area contributed by atoms with Crippen LogP contribution in [0.3, 0.4) is 0 Å². The highest BCUT2D eigenvalue weighted by Crippen LogP contribution is 2.25. The van der Waals surface area contributed by atoms with Gasteiger partial charge in [-0.2, -0.15) is 0 Å². The van der Waals surface area contributed by atoms with E-state index in [2.05, 4.69) is 4.98 Å². The van der Waals surface area contributed by atoms with Crippen molar-refractivity contribution >= 4 is 16.8 Å². The van der Waals surface area contributed by atoms with E-state index in [1.54, 1.807) is 0 Å². The molecule has 0 fully saturated rings. The standard InChI is InChI=1S/C8H7ClF2N2O/c9-7(14)6-4(1-12)2-13-3-5(6)8(10)11/h2-3,8H,1,12H2. The van der Waals surface area contributed by atoms with Gasteiger partial charge in [0.1, 0.15) is 0 Å². The maximum atomic E-state index is 12.4. The van der Waals surface area contributed by atoms with Crippen LogP contribution in [0.4, 0.5) is 8.78 Å². The van der Waals surface area contributed by atoms with E-state index in [0.29, 0.717) is 0 Å². The van der Waals surface area contributed by atoms with Gasteiger partial charge in [-0.25, -0.2) is 8.78 Å². The number of halogens is 3. The molecule has 0 aliphatic heterocycles. The fraction of sp³-hybridized carbons (Fsp3) is 0.250. The predicted molar refractivity (Wildman–Crippen MR) is 47.3 cm³/mol. The molecule has 2 N–H and O–H groups in total. The minimum absolute atomic E-state index is 0.0542. The Morgan fingerprint density at radius 2 is 2.21 bits per heavy atom. The number of alkyl halides is 2. The van der Waals surface area contributed by atoms with Crippen LogP contribution < -0.4 is 5.73 Å². The Labute approximate surface area is 83.9 Å². The molecule has 0 aromatic carbocycles. The molecule has 1 heterocycles. The van der Waals surface area contributed by atoms with E-state index in [1.807, 2.05) is 0 Å². The normalized spacial score (nSPS) is 10.6. The summed E-state index contributed by atoms with van der Waals surface area (Å²) in [5, 5.41) is -0.942. The predicted octanol–water partition coefficient (Wildman–Crippen LogP) is 1.86. The average molecular weight is 221 g/mol. The molecule has 76 valence electrons. The van der Waals surface area contributed by atoms with Crippen LogP contribution in [0.15, 0.2) is 12.4 Å². The fourth-order valence-electron chi connectivity index (χ4n) is 1.08. The third-order valence-electron chi connectivity index (χ3n) is 1.71. The van der Waals surface area contributed by atoms with Gasteiger partial charge >= 0.3 is 0 Å². The molecule has 1 aromatic rings.